The highest BCUT2D eigenvalue weighted by Crippen LogP contribution is 2.26. The second-order valence-electron chi connectivity index (χ2n) is 5.00. The van der Waals surface area contributed by atoms with Crippen LogP contribution in [0.25, 0.3) is 0 Å². The second-order valence-corrected chi connectivity index (χ2v) is 6.32. The van der Waals surface area contributed by atoms with Gasteiger partial charge in [0.2, 0.25) is 0 Å². The van der Waals surface area contributed by atoms with Gasteiger partial charge in [-0.1, -0.05) is 45.7 Å². The topological polar surface area (TPSA) is 29.3 Å². The summed E-state index contributed by atoms with van der Waals surface area (Å²) in [5.41, 5.74) is 8.97. The van der Waals surface area contributed by atoms with E-state index in [0.717, 1.165) is 27.3 Å². The Labute approximate surface area is 133 Å². The summed E-state index contributed by atoms with van der Waals surface area (Å²) in [6.07, 6.45) is 0. The Morgan fingerprint density at radius 1 is 1.25 bits per heavy atom. The van der Waals surface area contributed by atoms with Crippen molar-refractivity contribution in [3.05, 3.63) is 63.1 Å². The first-order valence-electron chi connectivity index (χ1n) is 6.47. The Kier molecular flexibility index (Phi) is 5.08. The Morgan fingerprint density at radius 2 is 2.00 bits per heavy atom. The lowest BCUT2D eigenvalue weighted by Gasteiger charge is -2.25. The van der Waals surface area contributed by atoms with Gasteiger partial charge in [0.25, 0.3) is 0 Å². The van der Waals surface area contributed by atoms with Crippen molar-refractivity contribution in [2.75, 3.05) is 12.8 Å². The van der Waals surface area contributed by atoms with Gasteiger partial charge in [-0.05, 0) is 49.4 Å². The van der Waals surface area contributed by atoms with E-state index in [0.29, 0.717) is 0 Å². The number of rotatable bonds is 4. The molecule has 0 heterocycles. The highest BCUT2D eigenvalue weighted by molar-refractivity contribution is 9.10. The molecule has 0 saturated carbocycles. The predicted octanol–water partition coefficient (Wildman–Crippen LogP) is 4.88. The van der Waals surface area contributed by atoms with Crippen LogP contribution in [-0.2, 0) is 6.54 Å². The van der Waals surface area contributed by atoms with Crippen molar-refractivity contribution in [3.63, 3.8) is 0 Å². The monoisotopic (exact) mass is 352 g/mol. The predicted molar refractivity (Wildman–Crippen MR) is 89.9 cm³/mol. The van der Waals surface area contributed by atoms with Crippen molar-refractivity contribution in [1.82, 2.24) is 4.90 Å². The van der Waals surface area contributed by atoms with Crippen LogP contribution in [0.4, 0.5) is 5.69 Å². The van der Waals surface area contributed by atoms with E-state index in [1.807, 2.05) is 30.3 Å². The maximum absolute atomic E-state index is 6.27. The van der Waals surface area contributed by atoms with Crippen LogP contribution >= 0.6 is 27.5 Å². The van der Waals surface area contributed by atoms with Gasteiger partial charge in [-0.2, -0.15) is 0 Å². The van der Waals surface area contributed by atoms with Crippen molar-refractivity contribution in [3.8, 4) is 0 Å². The summed E-state index contributed by atoms with van der Waals surface area (Å²) in [5.74, 6) is 0. The van der Waals surface area contributed by atoms with Crippen molar-refractivity contribution in [2.24, 2.45) is 0 Å². The average molecular weight is 354 g/mol. The number of hydrogen-bond donors (Lipinski definition) is 1. The third-order valence-electron chi connectivity index (χ3n) is 3.49. The lowest BCUT2D eigenvalue weighted by molar-refractivity contribution is 0.253. The minimum atomic E-state index is 0.276. The first-order valence-corrected chi connectivity index (χ1v) is 7.64. The van der Waals surface area contributed by atoms with Gasteiger partial charge in [0.15, 0.2) is 0 Å². The van der Waals surface area contributed by atoms with E-state index in [9.17, 15) is 0 Å². The van der Waals surface area contributed by atoms with Crippen LogP contribution in [-0.4, -0.2) is 11.9 Å². The third kappa shape index (κ3) is 3.75. The molecule has 2 aromatic rings. The van der Waals surface area contributed by atoms with Gasteiger partial charge in [-0.15, -0.1) is 0 Å². The van der Waals surface area contributed by atoms with E-state index in [-0.39, 0.29) is 6.04 Å². The van der Waals surface area contributed by atoms with Crippen LogP contribution in [0.15, 0.2) is 46.9 Å². The molecular formula is C16H18BrClN2. The van der Waals surface area contributed by atoms with E-state index >= 15 is 0 Å². The third-order valence-corrected chi connectivity index (χ3v) is 4.33. The molecule has 2 N–H and O–H groups in total. The zero-order valence-corrected chi connectivity index (χ0v) is 13.9. The number of hydrogen-bond acceptors (Lipinski definition) is 2. The lowest BCUT2D eigenvalue weighted by atomic mass is 10.1. The lowest BCUT2D eigenvalue weighted by Crippen LogP contribution is -2.22. The van der Waals surface area contributed by atoms with Crippen molar-refractivity contribution >= 4 is 33.2 Å². The molecule has 0 bridgehead atoms. The largest absolute Gasteiger partial charge is 0.399 e. The Balaban J connectivity index is 2.13. The van der Waals surface area contributed by atoms with Crippen LogP contribution in [0, 0.1) is 0 Å². The molecule has 0 saturated heterocycles. The number of nitrogens with two attached hydrogens (primary N) is 1. The van der Waals surface area contributed by atoms with Crippen LogP contribution in [0.3, 0.4) is 0 Å². The van der Waals surface area contributed by atoms with Crippen molar-refractivity contribution in [1.29, 1.82) is 0 Å². The van der Waals surface area contributed by atoms with E-state index in [2.05, 4.69) is 46.9 Å². The summed E-state index contributed by atoms with van der Waals surface area (Å²) in [6.45, 7) is 2.96. The molecule has 0 amide bonds. The van der Waals surface area contributed by atoms with Crippen LogP contribution in [0.2, 0.25) is 5.02 Å². The molecule has 0 aliphatic rings. The Morgan fingerprint density at radius 3 is 2.65 bits per heavy atom. The standard InChI is InChI=1S/C16H18BrClN2/c1-11(12-4-3-5-15(19)8-12)20(2)10-13-6-7-14(17)9-16(13)18/h3-9,11H,10,19H2,1-2H3. The SMILES string of the molecule is CC(c1cccc(N)c1)N(C)Cc1ccc(Br)cc1Cl. The maximum atomic E-state index is 6.27. The molecule has 20 heavy (non-hydrogen) atoms. The molecular weight excluding hydrogens is 336 g/mol. The quantitative estimate of drug-likeness (QED) is 0.794. The minimum absolute atomic E-state index is 0.276. The molecule has 106 valence electrons. The van der Waals surface area contributed by atoms with Gasteiger partial charge in [-0.3, -0.25) is 4.90 Å². The van der Waals surface area contributed by atoms with Gasteiger partial charge in [0, 0.05) is 27.8 Å². The molecule has 0 radical (unpaired) electrons. The molecule has 0 aliphatic carbocycles. The fourth-order valence-corrected chi connectivity index (χ4v) is 2.86. The van der Waals surface area contributed by atoms with E-state index < -0.39 is 0 Å². The van der Waals surface area contributed by atoms with E-state index in [1.165, 1.54) is 5.56 Å². The fraction of sp³-hybridized carbons (Fsp3) is 0.250. The summed E-state index contributed by atoms with van der Waals surface area (Å²) in [5, 5.41) is 0.783. The van der Waals surface area contributed by atoms with E-state index in [1.54, 1.807) is 0 Å². The first-order chi connectivity index (χ1) is 9.47. The first kappa shape index (κ1) is 15.4. The summed E-state index contributed by atoms with van der Waals surface area (Å²) in [4.78, 5) is 2.25. The molecule has 1 unspecified atom stereocenters. The normalized spacial score (nSPS) is 12.7. The zero-order chi connectivity index (χ0) is 14.7. The summed E-state index contributed by atoms with van der Waals surface area (Å²) < 4.78 is 0.998. The number of benzene rings is 2. The van der Waals surface area contributed by atoms with Gasteiger partial charge < -0.3 is 5.73 Å². The average Bonchev–Trinajstić information content (AvgIpc) is 2.41. The molecule has 4 heteroatoms. The van der Waals surface area contributed by atoms with Crippen LogP contribution < -0.4 is 5.73 Å². The van der Waals surface area contributed by atoms with Crippen LogP contribution in [0.5, 0.6) is 0 Å². The van der Waals surface area contributed by atoms with Gasteiger partial charge in [0.1, 0.15) is 0 Å². The second kappa shape index (κ2) is 6.61. The number of halogens is 2. The molecule has 2 nitrogen and oxygen atoms in total. The summed E-state index contributed by atoms with van der Waals surface area (Å²) in [7, 11) is 2.09. The molecule has 2 rings (SSSR count). The highest BCUT2D eigenvalue weighted by Gasteiger charge is 2.13. The van der Waals surface area contributed by atoms with Crippen molar-refractivity contribution in [2.45, 2.75) is 19.5 Å². The van der Waals surface area contributed by atoms with Crippen LogP contribution in [0.1, 0.15) is 24.1 Å². The van der Waals surface area contributed by atoms with Gasteiger partial charge in [0.05, 0.1) is 0 Å². The van der Waals surface area contributed by atoms with E-state index in [4.69, 9.17) is 17.3 Å². The Hall–Kier alpha value is -1.03. The molecule has 0 aliphatic heterocycles. The smallest absolute Gasteiger partial charge is 0.0462 e. The summed E-state index contributed by atoms with van der Waals surface area (Å²) >= 11 is 9.70. The number of nitrogens with zero attached hydrogens (tertiary/aromatic N) is 1. The van der Waals surface area contributed by atoms with Crippen molar-refractivity contribution < 1.29 is 0 Å². The fourth-order valence-electron chi connectivity index (χ4n) is 2.13. The van der Waals surface area contributed by atoms with Gasteiger partial charge in [-0.25, -0.2) is 0 Å². The molecule has 0 spiro atoms. The number of anilines is 1. The minimum Gasteiger partial charge on any atom is -0.399 e. The zero-order valence-electron chi connectivity index (χ0n) is 11.6. The number of nitrogen functional groups attached to an aromatic ring is 1. The highest BCUT2D eigenvalue weighted by atomic mass is 79.9. The maximum Gasteiger partial charge on any atom is 0.0462 e. The Bertz CT molecular complexity index is 601. The molecule has 0 fully saturated rings. The van der Waals surface area contributed by atoms with Gasteiger partial charge >= 0.3 is 0 Å². The molecule has 2 aromatic carbocycles. The molecule has 0 aromatic heterocycles. The summed E-state index contributed by atoms with van der Waals surface area (Å²) in [6, 6.07) is 14.3. The molecule has 1 atom stereocenters.